The molecule has 0 aliphatic carbocycles. The monoisotopic (exact) mass is 303 g/mol. The Morgan fingerprint density at radius 1 is 1.41 bits per heavy atom. The normalized spacial score (nSPS) is 18.9. The second kappa shape index (κ2) is 5.99. The summed E-state index contributed by atoms with van der Waals surface area (Å²) in [7, 11) is 0. The Morgan fingerprint density at radius 3 is 3.00 bits per heavy atom. The highest BCUT2D eigenvalue weighted by Crippen LogP contribution is 2.29. The van der Waals surface area contributed by atoms with Crippen molar-refractivity contribution in [1.29, 1.82) is 0 Å². The molecule has 2 heterocycles. The van der Waals surface area contributed by atoms with E-state index < -0.39 is 0 Å². The largest absolute Gasteiger partial charge is 0.358 e. The molecule has 3 rings (SSSR count). The maximum Gasteiger partial charge on any atom is 0.317 e. The summed E-state index contributed by atoms with van der Waals surface area (Å²) in [5, 5.41) is 3.83. The van der Waals surface area contributed by atoms with E-state index in [4.69, 9.17) is 0 Å². The molecule has 1 aromatic heterocycles. The molecule has 5 heteroatoms. The summed E-state index contributed by atoms with van der Waals surface area (Å²) in [6.07, 6.45) is 2.03. The van der Waals surface area contributed by atoms with E-state index in [1.807, 2.05) is 24.8 Å². The molecule has 0 bridgehead atoms. The number of carbonyl (C=O) groups is 1. The number of rotatable bonds is 2. The number of nitrogens with zero attached hydrogens (tertiary/aromatic N) is 1. The molecule has 4 nitrogen and oxygen atoms in total. The Hall–Kier alpha value is -2.04. The smallest absolute Gasteiger partial charge is 0.317 e. The minimum atomic E-state index is -0.223. The second-order valence-corrected chi connectivity index (χ2v) is 6.35. The van der Waals surface area contributed by atoms with Crippen LogP contribution < -0.4 is 5.32 Å². The van der Waals surface area contributed by atoms with Crippen LogP contribution in [0.4, 0.5) is 9.18 Å². The summed E-state index contributed by atoms with van der Waals surface area (Å²) < 4.78 is 13.3. The first-order valence-corrected chi connectivity index (χ1v) is 7.86. The number of hydrogen-bond acceptors (Lipinski definition) is 1. The first-order valence-electron chi connectivity index (χ1n) is 7.86. The molecule has 1 aliphatic rings. The van der Waals surface area contributed by atoms with Crippen LogP contribution in [0.15, 0.2) is 24.3 Å². The van der Waals surface area contributed by atoms with E-state index in [9.17, 15) is 9.18 Å². The maximum absolute atomic E-state index is 13.3. The molecule has 1 fully saturated rings. The third-order valence-corrected chi connectivity index (χ3v) is 4.16. The zero-order valence-electron chi connectivity index (χ0n) is 13.0. The number of nitrogens with one attached hydrogen (secondary N) is 2. The van der Waals surface area contributed by atoms with Crippen LogP contribution in [0.25, 0.3) is 10.9 Å². The molecule has 22 heavy (non-hydrogen) atoms. The van der Waals surface area contributed by atoms with Crippen LogP contribution in [0, 0.1) is 5.82 Å². The number of amides is 2. The van der Waals surface area contributed by atoms with E-state index in [-0.39, 0.29) is 23.8 Å². The van der Waals surface area contributed by atoms with Gasteiger partial charge >= 0.3 is 6.03 Å². The number of halogens is 1. The molecule has 1 unspecified atom stereocenters. The third kappa shape index (κ3) is 3.08. The molecular weight excluding hydrogens is 281 g/mol. The van der Waals surface area contributed by atoms with E-state index in [1.54, 1.807) is 12.1 Å². The lowest BCUT2D eigenvalue weighted by atomic mass is 9.95. The molecule has 1 aliphatic heterocycles. The Bertz CT molecular complexity index is 680. The number of piperidine rings is 1. The molecule has 118 valence electrons. The van der Waals surface area contributed by atoms with E-state index >= 15 is 0 Å². The second-order valence-electron chi connectivity index (χ2n) is 6.35. The van der Waals surface area contributed by atoms with Crippen LogP contribution in [-0.2, 0) is 0 Å². The molecule has 2 amide bonds. The minimum absolute atomic E-state index is 0.00172. The van der Waals surface area contributed by atoms with Gasteiger partial charge in [-0.2, -0.15) is 0 Å². The van der Waals surface area contributed by atoms with Crippen LogP contribution >= 0.6 is 0 Å². The van der Waals surface area contributed by atoms with Gasteiger partial charge in [-0.05, 0) is 51.0 Å². The van der Waals surface area contributed by atoms with Crippen LogP contribution in [0.3, 0.4) is 0 Å². The fourth-order valence-corrected chi connectivity index (χ4v) is 3.10. The van der Waals surface area contributed by atoms with Crippen molar-refractivity contribution < 1.29 is 9.18 Å². The first-order chi connectivity index (χ1) is 10.5. The van der Waals surface area contributed by atoms with Gasteiger partial charge < -0.3 is 15.2 Å². The van der Waals surface area contributed by atoms with Gasteiger partial charge in [0.15, 0.2) is 0 Å². The van der Waals surface area contributed by atoms with Crippen LogP contribution in [0.1, 0.15) is 38.3 Å². The van der Waals surface area contributed by atoms with Crippen molar-refractivity contribution in [3.05, 3.63) is 35.8 Å². The number of likely N-dealkylation sites (tertiary alicyclic amines) is 1. The number of aromatic nitrogens is 1. The molecule has 2 N–H and O–H groups in total. The quantitative estimate of drug-likeness (QED) is 0.875. The lowest BCUT2D eigenvalue weighted by Crippen LogP contribution is -2.47. The molecule has 1 aromatic carbocycles. The van der Waals surface area contributed by atoms with Crippen LogP contribution in [-0.4, -0.2) is 35.0 Å². The fourth-order valence-electron chi connectivity index (χ4n) is 3.10. The highest BCUT2D eigenvalue weighted by atomic mass is 19.1. The van der Waals surface area contributed by atoms with Gasteiger partial charge in [0.05, 0.1) is 0 Å². The number of hydrogen-bond donors (Lipinski definition) is 2. The molecular formula is C17H22FN3O. The standard InChI is InChI=1S/C17H22FN3O/c1-11(2)19-17(22)21-7-3-4-12(10-21)16-9-13-8-14(18)5-6-15(13)20-16/h5-6,8-9,11-12,20H,3-4,7,10H2,1-2H3,(H,19,22). The zero-order chi connectivity index (χ0) is 15.7. The highest BCUT2D eigenvalue weighted by Gasteiger charge is 2.26. The SMILES string of the molecule is CC(C)NC(=O)N1CCCC(c2cc3cc(F)ccc3[nH]2)C1. The van der Waals surface area contributed by atoms with Gasteiger partial charge in [-0.1, -0.05) is 0 Å². The Morgan fingerprint density at radius 2 is 2.23 bits per heavy atom. The fraction of sp³-hybridized carbons (Fsp3) is 0.471. The van der Waals surface area contributed by atoms with Gasteiger partial charge in [-0.3, -0.25) is 0 Å². The Balaban J connectivity index is 1.77. The molecule has 0 spiro atoms. The molecule has 1 saturated heterocycles. The predicted molar refractivity (Wildman–Crippen MR) is 85.5 cm³/mol. The number of H-pyrrole nitrogens is 1. The lowest BCUT2D eigenvalue weighted by Gasteiger charge is -2.33. The van der Waals surface area contributed by atoms with Crippen molar-refractivity contribution in [3.63, 3.8) is 0 Å². The molecule has 2 aromatic rings. The summed E-state index contributed by atoms with van der Waals surface area (Å²) in [6.45, 7) is 5.43. The van der Waals surface area contributed by atoms with Gasteiger partial charge in [0.1, 0.15) is 5.82 Å². The highest BCUT2D eigenvalue weighted by molar-refractivity contribution is 5.80. The molecule has 1 atom stereocenters. The number of aromatic amines is 1. The number of urea groups is 1. The number of benzene rings is 1. The van der Waals surface area contributed by atoms with Gasteiger partial charge in [-0.15, -0.1) is 0 Å². The summed E-state index contributed by atoms with van der Waals surface area (Å²) >= 11 is 0. The van der Waals surface area contributed by atoms with Crippen molar-refractivity contribution in [2.45, 2.75) is 38.6 Å². The molecule has 0 radical (unpaired) electrons. The average molecular weight is 303 g/mol. The van der Waals surface area contributed by atoms with E-state index in [1.165, 1.54) is 6.07 Å². The summed E-state index contributed by atoms with van der Waals surface area (Å²) in [5.74, 6) is 0.0572. The minimum Gasteiger partial charge on any atom is -0.358 e. The van der Waals surface area contributed by atoms with Gasteiger partial charge in [-0.25, -0.2) is 9.18 Å². The van der Waals surface area contributed by atoms with Crippen LogP contribution in [0.2, 0.25) is 0 Å². The average Bonchev–Trinajstić information content (AvgIpc) is 2.89. The third-order valence-electron chi connectivity index (χ3n) is 4.16. The summed E-state index contributed by atoms with van der Waals surface area (Å²) in [5.41, 5.74) is 2.03. The van der Waals surface area contributed by atoms with Crippen molar-refractivity contribution in [2.75, 3.05) is 13.1 Å². The first kappa shape index (κ1) is 14.9. The zero-order valence-corrected chi connectivity index (χ0v) is 13.0. The predicted octanol–water partition coefficient (Wildman–Crippen LogP) is 3.60. The van der Waals surface area contributed by atoms with E-state index in [0.29, 0.717) is 6.54 Å². The van der Waals surface area contributed by atoms with Crippen molar-refractivity contribution in [1.82, 2.24) is 15.2 Å². The van der Waals surface area contributed by atoms with Crippen molar-refractivity contribution in [3.8, 4) is 0 Å². The van der Waals surface area contributed by atoms with E-state index in [2.05, 4.69) is 10.3 Å². The van der Waals surface area contributed by atoms with Gasteiger partial charge in [0, 0.05) is 41.6 Å². The summed E-state index contributed by atoms with van der Waals surface area (Å²) in [4.78, 5) is 17.4. The number of fused-ring (bicyclic) bond motifs is 1. The number of carbonyl (C=O) groups excluding carboxylic acids is 1. The van der Waals surface area contributed by atoms with Crippen molar-refractivity contribution >= 4 is 16.9 Å². The van der Waals surface area contributed by atoms with Crippen molar-refractivity contribution in [2.24, 2.45) is 0 Å². The molecule has 0 saturated carbocycles. The summed E-state index contributed by atoms with van der Waals surface area (Å²) in [6, 6.07) is 6.92. The van der Waals surface area contributed by atoms with Gasteiger partial charge in [0.2, 0.25) is 0 Å². The van der Waals surface area contributed by atoms with E-state index in [0.717, 1.165) is 36.0 Å². The maximum atomic E-state index is 13.3. The Labute approximate surface area is 129 Å². The van der Waals surface area contributed by atoms with Crippen LogP contribution in [0.5, 0.6) is 0 Å². The Kier molecular flexibility index (Phi) is 4.05. The van der Waals surface area contributed by atoms with Gasteiger partial charge in [0.25, 0.3) is 0 Å². The lowest BCUT2D eigenvalue weighted by molar-refractivity contribution is 0.177. The topological polar surface area (TPSA) is 48.1 Å².